The van der Waals surface area contributed by atoms with Crippen molar-refractivity contribution in [1.29, 1.82) is 5.26 Å². The Hall–Kier alpha value is -3.02. The minimum absolute atomic E-state index is 0.00323. The van der Waals surface area contributed by atoms with Crippen LogP contribution < -0.4 is 5.32 Å². The van der Waals surface area contributed by atoms with Gasteiger partial charge in [0.25, 0.3) is 5.91 Å². The van der Waals surface area contributed by atoms with Gasteiger partial charge in [0.05, 0.1) is 16.8 Å². The van der Waals surface area contributed by atoms with Crippen molar-refractivity contribution in [3.8, 4) is 6.07 Å². The predicted molar refractivity (Wildman–Crippen MR) is 126 cm³/mol. The van der Waals surface area contributed by atoms with Crippen LogP contribution in [-0.4, -0.2) is 35.3 Å². The average Bonchev–Trinajstić information content (AvgIpc) is 3.02. The molecule has 1 fully saturated rings. The van der Waals surface area contributed by atoms with E-state index in [1.54, 1.807) is 13.0 Å². The number of anilines is 1. The SMILES string of the molecule is Cc1c(C(=O)Nc2ccc(F)c(C#N)c2)c(Cl)n(C)c1C(=O)C(=O)CCCC1(C)CCOCC1. The topological polar surface area (TPSA) is 101 Å². The second-order valence-corrected chi connectivity index (χ2v) is 9.35. The van der Waals surface area contributed by atoms with Crippen molar-refractivity contribution < 1.29 is 23.5 Å². The van der Waals surface area contributed by atoms with Crippen molar-refractivity contribution in [2.45, 2.75) is 46.0 Å². The molecular formula is C25H27ClFN3O4. The molecule has 7 nitrogen and oxygen atoms in total. The van der Waals surface area contributed by atoms with Crippen molar-refractivity contribution >= 4 is 34.8 Å². The molecule has 1 saturated heterocycles. The third-order valence-electron chi connectivity index (χ3n) is 6.49. The third kappa shape index (κ3) is 5.37. The molecule has 2 aromatic rings. The minimum Gasteiger partial charge on any atom is -0.381 e. The van der Waals surface area contributed by atoms with E-state index in [-0.39, 0.29) is 45.1 Å². The van der Waals surface area contributed by atoms with Gasteiger partial charge in [0.15, 0.2) is 0 Å². The van der Waals surface area contributed by atoms with Crippen molar-refractivity contribution in [3.63, 3.8) is 0 Å². The number of carbonyl (C=O) groups is 3. The first-order chi connectivity index (χ1) is 16.1. The molecule has 0 saturated carbocycles. The molecule has 0 unspecified atom stereocenters. The Labute approximate surface area is 202 Å². The predicted octanol–water partition coefficient (Wildman–Crippen LogP) is 4.99. The van der Waals surface area contributed by atoms with Gasteiger partial charge in [-0.25, -0.2) is 4.39 Å². The van der Waals surface area contributed by atoms with Crippen LogP contribution in [0.15, 0.2) is 18.2 Å². The van der Waals surface area contributed by atoms with Crippen LogP contribution in [-0.2, 0) is 16.6 Å². The van der Waals surface area contributed by atoms with Crippen LogP contribution in [0, 0.1) is 29.5 Å². The van der Waals surface area contributed by atoms with E-state index in [1.807, 2.05) is 0 Å². The number of amides is 1. The number of nitriles is 1. The van der Waals surface area contributed by atoms with Gasteiger partial charge in [-0.2, -0.15) is 5.26 Å². The van der Waals surface area contributed by atoms with E-state index in [4.69, 9.17) is 21.6 Å². The van der Waals surface area contributed by atoms with Crippen LogP contribution in [0.25, 0.3) is 0 Å². The molecule has 1 aromatic carbocycles. The number of halogens is 2. The lowest BCUT2D eigenvalue weighted by molar-refractivity contribution is -0.115. The number of nitrogens with zero attached hydrogens (tertiary/aromatic N) is 2. The standard InChI is InChI=1S/C25H27ClFN3O4/c1-15-20(24(33)29-17-6-7-18(27)16(13-17)14-28)23(26)30(3)21(15)22(32)19(31)5-4-8-25(2)9-11-34-12-10-25/h6-7,13H,4-5,8-12H2,1-3H3,(H,29,33). The lowest BCUT2D eigenvalue weighted by atomic mass is 9.78. The van der Waals surface area contributed by atoms with Gasteiger partial charge in [0, 0.05) is 32.4 Å². The molecule has 0 atom stereocenters. The first kappa shape index (κ1) is 25.6. The Morgan fingerprint density at radius 1 is 1.29 bits per heavy atom. The summed E-state index contributed by atoms with van der Waals surface area (Å²) in [7, 11) is 1.52. The van der Waals surface area contributed by atoms with Crippen molar-refractivity contribution in [2.75, 3.05) is 18.5 Å². The lowest BCUT2D eigenvalue weighted by Gasteiger charge is -2.33. The summed E-state index contributed by atoms with van der Waals surface area (Å²) in [6.45, 7) is 5.15. The molecule has 1 aromatic heterocycles. The number of Topliss-reactive ketones (excluding diaryl/α,β-unsaturated/α-hetero) is 2. The maximum atomic E-state index is 13.6. The Bertz CT molecular complexity index is 1180. The fourth-order valence-corrected chi connectivity index (χ4v) is 4.61. The fourth-order valence-electron chi connectivity index (χ4n) is 4.29. The molecule has 1 N–H and O–H groups in total. The number of carbonyl (C=O) groups excluding carboxylic acids is 3. The minimum atomic E-state index is -0.702. The Morgan fingerprint density at radius 3 is 2.62 bits per heavy atom. The molecular weight excluding hydrogens is 461 g/mol. The molecule has 0 radical (unpaired) electrons. The molecule has 2 heterocycles. The summed E-state index contributed by atoms with van der Waals surface area (Å²) in [5.74, 6) is -2.55. The Kier molecular flexibility index (Phi) is 7.90. The van der Waals surface area contributed by atoms with Gasteiger partial charge in [0.2, 0.25) is 11.6 Å². The second-order valence-electron chi connectivity index (χ2n) is 8.99. The monoisotopic (exact) mass is 487 g/mol. The van der Waals surface area contributed by atoms with E-state index in [2.05, 4.69) is 12.2 Å². The van der Waals surface area contributed by atoms with Gasteiger partial charge in [0.1, 0.15) is 17.0 Å². The van der Waals surface area contributed by atoms with Crippen molar-refractivity contribution in [1.82, 2.24) is 4.57 Å². The van der Waals surface area contributed by atoms with Crippen LogP contribution in [0.2, 0.25) is 5.15 Å². The highest BCUT2D eigenvalue weighted by molar-refractivity contribution is 6.44. The number of nitrogens with one attached hydrogen (secondary N) is 1. The molecule has 0 spiro atoms. The number of hydrogen-bond acceptors (Lipinski definition) is 5. The maximum absolute atomic E-state index is 13.6. The van der Waals surface area contributed by atoms with Crippen LogP contribution in [0.4, 0.5) is 10.1 Å². The van der Waals surface area contributed by atoms with E-state index in [1.165, 1.54) is 23.7 Å². The first-order valence-electron chi connectivity index (χ1n) is 11.1. The van der Waals surface area contributed by atoms with Gasteiger partial charge in [-0.05, 0) is 61.8 Å². The summed E-state index contributed by atoms with van der Waals surface area (Å²) >= 11 is 6.35. The van der Waals surface area contributed by atoms with E-state index in [9.17, 15) is 18.8 Å². The number of hydrogen-bond donors (Lipinski definition) is 1. The second kappa shape index (κ2) is 10.5. The highest BCUT2D eigenvalue weighted by atomic mass is 35.5. The smallest absolute Gasteiger partial charge is 0.259 e. The van der Waals surface area contributed by atoms with E-state index < -0.39 is 23.3 Å². The number of rotatable bonds is 8. The molecule has 1 aliphatic heterocycles. The third-order valence-corrected chi connectivity index (χ3v) is 6.93. The van der Waals surface area contributed by atoms with Gasteiger partial charge in [-0.1, -0.05) is 18.5 Å². The van der Waals surface area contributed by atoms with Crippen LogP contribution in [0.1, 0.15) is 71.0 Å². The zero-order valence-corrected chi connectivity index (χ0v) is 20.2. The van der Waals surface area contributed by atoms with Crippen molar-refractivity contribution in [2.24, 2.45) is 12.5 Å². The molecule has 0 aliphatic carbocycles. The van der Waals surface area contributed by atoms with Gasteiger partial charge >= 0.3 is 0 Å². The normalized spacial score (nSPS) is 14.9. The first-order valence-corrected chi connectivity index (χ1v) is 11.5. The van der Waals surface area contributed by atoms with Gasteiger partial charge in [-0.3, -0.25) is 14.4 Å². The van der Waals surface area contributed by atoms with Crippen molar-refractivity contribution in [3.05, 3.63) is 51.6 Å². The maximum Gasteiger partial charge on any atom is 0.259 e. The van der Waals surface area contributed by atoms with Crippen LogP contribution in [0.3, 0.4) is 0 Å². The number of ether oxygens (including phenoxy) is 1. The van der Waals surface area contributed by atoms with E-state index in [0.717, 1.165) is 25.3 Å². The molecule has 1 amide bonds. The number of aromatic nitrogens is 1. The highest BCUT2D eigenvalue weighted by Gasteiger charge is 2.31. The summed E-state index contributed by atoms with van der Waals surface area (Å²) in [4.78, 5) is 38.5. The lowest BCUT2D eigenvalue weighted by Crippen LogP contribution is -2.27. The Balaban J connectivity index is 1.73. The molecule has 3 rings (SSSR count). The average molecular weight is 488 g/mol. The van der Waals surface area contributed by atoms with Crippen LogP contribution in [0.5, 0.6) is 0 Å². The van der Waals surface area contributed by atoms with E-state index in [0.29, 0.717) is 19.6 Å². The summed E-state index contributed by atoms with van der Waals surface area (Å²) in [5, 5.41) is 11.6. The van der Waals surface area contributed by atoms with Gasteiger partial charge < -0.3 is 14.6 Å². The fraction of sp³-hybridized carbons (Fsp3) is 0.440. The highest BCUT2D eigenvalue weighted by Crippen LogP contribution is 2.35. The molecule has 34 heavy (non-hydrogen) atoms. The summed E-state index contributed by atoms with van der Waals surface area (Å²) in [6.07, 6.45) is 3.41. The number of ketones is 2. The summed E-state index contributed by atoms with van der Waals surface area (Å²) < 4.78 is 20.3. The summed E-state index contributed by atoms with van der Waals surface area (Å²) in [6, 6.07) is 5.30. The molecule has 1 aliphatic rings. The zero-order valence-electron chi connectivity index (χ0n) is 19.5. The Morgan fingerprint density at radius 2 is 1.97 bits per heavy atom. The molecule has 180 valence electrons. The summed E-state index contributed by atoms with van der Waals surface area (Å²) in [5.41, 5.74) is 0.482. The van der Waals surface area contributed by atoms with Gasteiger partial charge in [-0.15, -0.1) is 0 Å². The quantitative estimate of drug-likeness (QED) is 0.417. The largest absolute Gasteiger partial charge is 0.381 e. The van der Waals surface area contributed by atoms with Crippen LogP contribution >= 0.6 is 11.6 Å². The number of benzene rings is 1. The molecule has 9 heteroatoms. The molecule has 0 bridgehead atoms. The zero-order chi connectivity index (χ0) is 25.0. The van der Waals surface area contributed by atoms with E-state index >= 15 is 0 Å².